The minimum atomic E-state index is -0.422. The number of benzene rings is 1. The third-order valence-corrected chi connectivity index (χ3v) is 9.21. The Kier molecular flexibility index (Phi) is 8.78. The SMILES string of the molecule is CC(=O)N1CCC(CN2CCC[C@@H](Cc3cn(-c4ccc(F)cc4C(=O)N(C)C(C)C)c4cncc(C)c34)C2)CC1. The van der Waals surface area contributed by atoms with E-state index in [9.17, 15) is 14.0 Å². The highest BCUT2D eigenvalue weighted by molar-refractivity contribution is 5.99. The van der Waals surface area contributed by atoms with Gasteiger partial charge in [-0.25, -0.2) is 4.39 Å². The summed E-state index contributed by atoms with van der Waals surface area (Å²) >= 11 is 0. The molecule has 7 nitrogen and oxygen atoms in total. The first-order chi connectivity index (χ1) is 19.6. The van der Waals surface area contributed by atoms with Crippen molar-refractivity contribution >= 4 is 22.7 Å². The number of halogens is 1. The molecule has 0 bridgehead atoms. The second kappa shape index (κ2) is 12.3. The largest absolute Gasteiger partial charge is 0.343 e. The first kappa shape index (κ1) is 29.2. The maximum Gasteiger partial charge on any atom is 0.256 e. The second-order valence-corrected chi connectivity index (χ2v) is 12.5. The van der Waals surface area contributed by atoms with Crippen molar-refractivity contribution in [2.45, 2.75) is 65.8 Å². The summed E-state index contributed by atoms with van der Waals surface area (Å²) in [4.78, 5) is 35.9. The fourth-order valence-electron chi connectivity index (χ4n) is 6.70. The molecule has 41 heavy (non-hydrogen) atoms. The summed E-state index contributed by atoms with van der Waals surface area (Å²) in [6.45, 7) is 12.7. The first-order valence-electron chi connectivity index (χ1n) is 15.1. The van der Waals surface area contributed by atoms with Crippen LogP contribution in [0.3, 0.4) is 0 Å². The Balaban J connectivity index is 1.39. The molecule has 220 valence electrons. The van der Waals surface area contributed by atoms with Crippen molar-refractivity contribution in [2.24, 2.45) is 11.8 Å². The lowest BCUT2D eigenvalue weighted by atomic mass is 9.89. The quantitative estimate of drug-likeness (QED) is 0.384. The number of fused-ring (bicyclic) bond motifs is 1. The van der Waals surface area contributed by atoms with Gasteiger partial charge in [0.15, 0.2) is 0 Å². The molecule has 1 atom stereocenters. The van der Waals surface area contributed by atoms with Gasteiger partial charge in [0, 0.05) is 64.0 Å². The normalized spacial score (nSPS) is 18.8. The van der Waals surface area contributed by atoms with Crippen LogP contribution >= 0.6 is 0 Å². The summed E-state index contributed by atoms with van der Waals surface area (Å²) in [7, 11) is 1.76. The van der Waals surface area contributed by atoms with Crippen LogP contribution in [0, 0.1) is 24.6 Å². The molecule has 8 heteroatoms. The van der Waals surface area contributed by atoms with Gasteiger partial charge in [-0.3, -0.25) is 14.6 Å². The molecule has 0 radical (unpaired) electrons. The third-order valence-electron chi connectivity index (χ3n) is 9.21. The fourth-order valence-corrected chi connectivity index (χ4v) is 6.70. The number of pyridine rings is 1. The highest BCUT2D eigenvalue weighted by Gasteiger charge is 2.28. The van der Waals surface area contributed by atoms with Crippen LogP contribution in [0.5, 0.6) is 0 Å². The van der Waals surface area contributed by atoms with Crippen molar-refractivity contribution in [2.75, 3.05) is 39.8 Å². The van der Waals surface area contributed by atoms with Crippen molar-refractivity contribution < 1.29 is 14.0 Å². The molecule has 2 aliphatic heterocycles. The van der Waals surface area contributed by atoms with E-state index >= 15 is 0 Å². The Morgan fingerprint density at radius 2 is 1.85 bits per heavy atom. The molecule has 4 heterocycles. The van der Waals surface area contributed by atoms with Gasteiger partial charge >= 0.3 is 0 Å². The number of carbonyl (C=O) groups is 2. The van der Waals surface area contributed by atoms with Crippen molar-refractivity contribution in [3.05, 3.63) is 59.3 Å². The number of likely N-dealkylation sites (tertiary alicyclic amines) is 2. The molecule has 2 amide bonds. The van der Waals surface area contributed by atoms with Crippen LogP contribution in [0.2, 0.25) is 0 Å². The van der Waals surface area contributed by atoms with Gasteiger partial charge in [0.25, 0.3) is 5.91 Å². The van der Waals surface area contributed by atoms with Gasteiger partial charge in [-0.1, -0.05) is 0 Å². The van der Waals surface area contributed by atoms with Crippen LogP contribution in [0.15, 0.2) is 36.8 Å². The molecule has 3 aromatic rings. The Labute approximate surface area is 243 Å². The predicted octanol–water partition coefficient (Wildman–Crippen LogP) is 5.47. The van der Waals surface area contributed by atoms with Crippen LogP contribution < -0.4 is 0 Å². The van der Waals surface area contributed by atoms with Gasteiger partial charge in [-0.2, -0.15) is 0 Å². The minimum Gasteiger partial charge on any atom is -0.343 e. The Hall–Kier alpha value is -3.26. The molecule has 0 saturated carbocycles. The van der Waals surface area contributed by atoms with Gasteiger partial charge in [0.05, 0.1) is 23.0 Å². The van der Waals surface area contributed by atoms with Crippen molar-refractivity contribution in [1.29, 1.82) is 0 Å². The third kappa shape index (κ3) is 6.32. The van der Waals surface area contributed by atoms with Crippen molar-refractivity contribution in [3.8, 4) is 5.69 Å². The predicted molar refractivity (Wildman–Crippen MR) is 161 cm³/mol. The molecular formula is C33H44FN5O2. The van der Waals surface area contributed by atoms with Crippen LogP contribution in [0.25, 0.3) is 16.6 Å². The molecule has 2 saturated heterocycles. The lowest BCUT2D eigenvalue weighted by Crippen LogP contribution is -2.43. The zero-order chi connectivity index (χ0) is 29.3. The fraction of sp³-hybridized carbons (Fsp3) is 0.545. The number of hydrogen-bond donors (Lipinski definition) is 0. The molecule has 1 aromatic carbocycles. The molecular weight excluding hydrogens is 517 g/mol. The summed E-state index contributed by atoms with van der Waals surface area (Å²) in [6.07, 6.45) is 11.4. The summed E-state index contributed by atoms with van der Waals surface area (Å²) in [5.41, 5.74) is 4.33. The van der Waals surface area contributed by atoms with E-state index in [1.54, 1.807) is 24.9 Å². The number of hydrogen-bond acceptors (Lipinski definition) is 4. The van der Waals surface area contributed by atoms with Gasteiger partial charge in [-0.15, -0.1) is 0 Å². The molecule has 0 unspecified atom stereocenters. The zero-order valence-electron chi connectivity index (χ0n) is 25.2. The van der Waals surface area contributed by atoms with E-state index in [0.717, 1.165) is 63.1 Å². The highest BCUT2D eigenvalue weighted by Crippen LogP contribution is 2.33. The van der Waals surface area contributed by atoms with E-state index in [2.05, 4.69) is 23.0 Å². The summed E-state index contributed by atoms with van der Waals surface area (Å²) in [5, 5.41) is 1.17. The van der Waals surface area contributed by atoms with E-state index in [1.807, 2.05) is 35.7 Å². The van der Waals surface area contributed by atoms with Gasteiger partial charge in [0.1, 0.15) is 5.82 Å². The molecule has 0 N–H and O–H groups in total. The lowest BCUT2D eigenvalue weighted by molar-refractivity contribution is -0.130. The van der Waals surface area contributed by atoms with Gasteiger partial charge < -0.3 is 19.3 Å². The van der Waals surface area contributed by atoms with E-state index in [4.69, 9.17) is 0 Å². The summed E-state index contributed by atoms with van der Waals surface area (Å²) in [6, 6.07) is 4.49. The Bertz CT molecular complexity index is 1410. The molecule has 2 fully saturated rings. The van der Waals surface area contributed by atoms with Crippen LogP contribution in [0.1, 0.15) is 67.9 Å². The number of carbonyl (C=O) groups excluding carboxylic acids is 2. The number of rotatable bonds is 7. The maximum absolute atomic E-state index is 14.4. The van der Waals surface area contributed by atoms with Crippen molar-refractivity contribution in [1.82, 2.24) is 24.3 Å². The second-order valence-electron chi connectivity index (χ2n) is 12.5. The summed E-state index contributed by atoms with van der Waals surface area (Å²) < 4.78 is 16.5. The molecule has 5 rings (SSSR count). The Morgan fingerprint density at radius 1 is 1.10 bits per heavy atom. The standard InChI is InChI=1S/C33H44FN5O2/c1-22(2)36(5)33(41)29-16-28(34)8-9-30(29)39-21-27(32-23(3)17-35-18-31(32)39)15-26-7-6-12-37(20-26)19-25-10-13-38(14-11-25)24(4)40/h8-9,16-18,21-22,25-26H,6-7,10-15,19-20H2,1-5H3/t26-/m0/s1. The number of aryl methyl sites for hydroxylation is 1. The van der Waals surface area contributed by atoms with E-state index in [-0.39, 0.29) is 17.9 Å². The molecule has 0 aliphatic carbocycles. The van der Waals surface area contributed by atoms with E-state index in [1.165, 1.54) is 35.9 Å². The smallest absolute Gasteiger partial charge is 0.256 e. The van der Waals surface area contributed by atoms with Gasteiger partial charge in [-0.05, 0) is 101 Å². The van der Waals surface area contributed by atoms with Crippen LogP contribution in [-0.4, -0.2) is 81.9 Å². The zero-order valence-corrected chi connectivity index (χ0v) is 25.2. The van der Waals surface area contributed by atoms with Crippen molar-refractivity contribution in [3.63, 3.8) is 0 Å². The molecule has 0 spiro atoms. The average Bonchev–Trinajstić information content (AvgIpc) is 3.31. The monoisotopic (exact) mass is 561 g/mol. The van der Waals surface area contributed by atoms with Gasteiger partial charge in [0.2, 0.25) is 5.91 Å². The minimum absolute atomic E-state index is 0.00424. The number of piperidine rings is 2. The average molecular weight is 562 g/mol. The molecule has 2 aliphatic rings. The summed E-state index contributed by atoms with van der Waals surface area (Å²) in [5.74, 6) is 0.757. The first-order valence-corrected chi connectivity index (χ1v) is 15.1. The van der Waals surface area contributed by atoms with Crippen LogP contribution in [0.4, 0.5) is 4.39 Å². The number of nitrogens with zero attached hydrogens (tertiary/aromatic N) is 5. The number of aromatic nitrogens is 2. The Morgan fingerprint density at radius 3 is 2.56 bits per heavy atom. The van der Waals surface area contributed by atoms with Crippen LogP contribution in [-0.2, 0) is 11.2 Å². The van der Waals surface area contributed by atoms with E-state index in [0.29, 0.717) is 23.1 Å². The molecule has 2 aromatic heterocycles. The topological polar surface area (TPSA) is 61.7 Å². The van der Waals surface area contributed by atoms with E-state index < -0.39 is 5.82 Å². The lowest BCUT2D eigenvalue weighted by Gasteiger charge is -2.38. The highest BCUT2D eigenvalue weighted by atomic mass is 19.1. The maximum atomic E-state index is 14.4. The number of amides is 2.